The van der Waals surface area contributed by atoms with Crippen molar-refractivity contribution >= 4 is 17.1 Å². The number of benzene rings is 1. The molecule has 2 aromatic heterocycles. The molecule has 23 heavy (non-hydrogen) atoms. The van der Waals surface area contributed by atoms with Gasteiger partial charge in [0.05, 0.1) is 0 Å². The lowest BCUT2D eigenvalue weighted by molar-refractivity contribution is 0.172. The van der Waals surface area contributed by atoms with Crippen LogP contribution in [0, 0.1) is 6.07 Å². The molecule has 2 N–H and O–H groups in total. The van der Waals surface area contributed by atoms with E-state index in [0.29, 0.717) is 5.65 Å². The minimum atomic E-state index is -0.548. The number of amides is 1. The molecule has 0 bridgehead atoms. The molecule has 1 radical (unpaired) electrons. The molecule has 0 unspecified atom stereocenters. The first-order valence-corrected chi connectivity index (χ1v) is 7.71. The largest absolute Gasteiger partial charge is 0.351 e. The molecule has 115 valence electrons. The summed E-state index contributed by atoms with van der Waals surface area (Å²) in [6.07, 6.45) is 4.61. The van der Waals surface area contributed by atoms with Crippen molar-refractivity contribution in [1.82, 2.24) is 14.5 Å². The van der Waals surface area contributed by atoms with E-state index in [-0.39, 0.29) is 0 Å². The van der Waals surface area contributed by atoms with Crippen molar-refractivity contribution in [1.29, 1.82) is 0 Å². The molecule has 1 aromatic carbocycles. The summed E-state index contributed by atoms with van der Waals surface area (Å²) in [6, 6.07) is 13.0. The minimum Gasteiger partial charge on any atom is -0.351 e. The maximum Gasteiger partial charge on any atom is 0.324 e. The Morgan fingerprint density at radius 1 is 1.26 bits per heavy atom. The molecule has 1 fully saturated rings. The summed E-state index contributed by atoms with van der Waals surface area (Å²) in [5.74, 6) is 0. The lowest BCUT2D eigenvalue weighted by atomic mass is 10.0. The van der Waals surface area contributed by atoms with E-state index in [1.54, 1.807) is 6.20 Å². The Morgan fingerprint density at radius 3 is 2.87 bits per heavy atom. The van der Waals surface area contributed by atoms with E-state index in [1.807, 2.05) is 6.07 Å². The third-order valence-electron chi connectivity index (χ3n) is 4.30. The quantitative estimate of drug-likeness (QED) is 0.809. The van der Waals surface area contributed by atoms with E-state index in [4.69, 9.17) is 5.73 Å². The number of carbonyl (C=O) groups is 1. The number of pyridine rings is 1. The van der Waals surface area contributed by atoms with E-state index < -0.39 is 6.03 Å². The fraction of sp³-hybridized carbons (Fsp3) is 0.222. The topological polar surface area (TPSA) is 64.2 Å². The Balaban J connectivity index is 1.68. The van der Waals surface area contributed by atoms with Crippen molar-refractivity contribution in [2.75, 3.05) is 13.1 Å². The highest BCUT2D eigenvalue weighted by atomic mass is 16.2. The summed E-state index contributed by atoms with van der Waals surface area (Å²) in [6.45, 7) is 3.37. The van der Waals surface area contributed by atoms with Gasteiger partial charge in [-0.25, -0.2) is 9.78 Å². The van der Waals surface area contributed by atoms with Crippen LogP contribution in [0.2, 0.25) is 0 Å². The van der Waals surface area contributed by atoms with E-state index in [1.165, 1.54) is 35.8 Å². The van der Waals surface area contributed by atoms with Gasteiger partial charge >= 0.3 is 6.03 Å². The zero-order valence-electron chi connectivity index (χ0n) is 12.7. The molecule has 0 spiro atoms. The van der Waals surface area contributed by atoms with Gasteiger partial charge < -0.3 is 5.73 Å². The lowest BCUT2D eigenvalue weighted by Crippen LogP contribution is -2.36. The number of primary amides is 1. The van der Waals surface area contributed by atoms with Crippen molar-refractivity contribution < 1.29 is 4.79 Å². The second-order valence-corrected chi connectivity index (χ2v) is 5.91. The third kappa shape index (κ3) is 2.59. The molecule has 0 aliphatic carbocycles. The van der Waals surface area contributed by atoms with Crippen molar-refractivity contribution in [2.45, 2.75) is 13.0 Å². The zero-order chi connectivity index (χ0) is 15.8. The molecule has 0 saturated carbocycles. The van der Waals surface area contributed by atoms with Crippen molar-refractivity contribution in [3.05, 3.63) is 54.4 Å². The van der Waals surface area contributed by atoms with Gasteiger partial charge in [-0.2, -0.15) is 0 Å². The first-order chi connectivity index (χ1) is 11.2. The fourth-order valence-electron chi connectivity index (χ4n) is 2.92. The molecule has 4 rings (SSSR count). The van der Waals surface area contributed by atoms with Gasteiger partial charge in [-0.1, -0.05) is 18.2 Å². The fourth-order valence-corrected chi connectivity index (χ4v) is 2.92. The van der Waals surface area contributed by atoms with Crippen LogP contribution in [-0.4, -0.2) is 33.6 Å². The number of hydrogen-bond donors (Lipinski definition) is 1. The minimum absolute atomic E-state index is 0.540. The molecule has 5 nitrogen and oxygen atoms in total. The first kappa shape index (κ1) is 14.0. The predicted molar refractivity (Wildman–Crippen MR) is 88.9 cm³/mol. The van der Waals surface area contributed by atoms with E-state index in [2.05, 4.69) is 40.2 Å². The number of fused-ring (bicyclic) bond motifs is 1. The molecule has 0 atom stereocenters. The molecular formula is C18H17N4O. The molecular weight excluding hydrogens is 288 g/mol. The van der Waals surface area contributed by atoms with Crippen molar-refractivity contribution in [2.24, 2.45) is 5.73 Å². The van der Waals surface area contributed by atoms with Gasteiger partial charge in [0.1, 0.15) is 5.65 Å². The highest BCUT2D eigenvalue weighted by molar-refractivity contribution is 5.90. The van der Waals surface area contributed by atoms with Crippen LogP contribution < -0.4 is 5.73 Å². The van der Waals surface area contributed by atoms with Crippen LogP contribution in [-0.2, 0) is 6.54 Å². The second-order valence-electron chi connectivity index (χ2n) is 5.91. The predicted octanol–water partition coefficient (Wildman–Crippen LogP) is 2.64. The van der Waals surface area contributed by atoms with Crippen molar-refractivity contribution in [3.8, 4) is 11.1 Å². The second kappa shape index (κ2) is 5.52. The first-order valence-electron chi connectivity index (χ1n) is 7.71. The normalized spacial score (nSPS) is 14.8. The van der Waals surface area contributed by atoms with Gasteiger partial charge in [0.25, 0.3) is 0 Å². The Labute approximate surface area is 134 Å². The highest BCUT2D eigenvalue weighted by Gasteiger charge is 2.14. The third-order valence-corrected chi connectivity index (χ3v) is 4.30. The Bertz CT molecular complexity index is 880. The van der Waals surface area contributed by atoms with Gasteiger partial charge in [-0.3, -0.25) is 9.47 Å². The van der Waals surface area contributed by atoms with Gasteiger partial charge in [0.15, 0.2) is 0 Å². The molecule has 1 amide bonds. The van der Waals surface area contributed by atoms with Crippen LogP contribution >= 0.6 is 0 Å². The smallest absolute Gasteiger partial charge is 0.324 e. The standard InChI is InChI=1S/C18H17N4O/c19-18(23)22-8-5-15-10-16(11-20-17(15)22)14-4-1-3-13(9-14)12-21-6-2-7-21/h1,3-4,8-11H,2,6-7,12H2,(H2,19,23). The van der Waals surface area contributed by atoms with Crippen LogP contribution in [0.1, 0.15) is 12.0 Å². The Morgan fingerprint density at radius 2 is 2.13 bits per heavy atom. The van der Waals surface area contributed by atoms with Crippen LogP contribution in [0.5, 0.6) is 0 Å². The van der Waals surface area contributed by atoms with Crippen molar-refractivity contribution in [3.63, 3.8) is 0 Å². The molecule has 1 aliphatic rings. The van der Waals surface area contributed by atoms with Crippen LogP contribution in [0.4, 0.5) is 4.79 Å². The number of aromatic nitrogens is 2. The van der Waals surface area contributed by atoms with E-state index >= 15 is 0 Å². The maximum atomic E-state index is 11.3. The van der Waals surface area contributed by atoms with Gasteiger partial charge in [0, 0.05) is 36.0 Å². The number of likely N-dealkylation sites (tertiary alicyclic amines) is 1. The summed E-state index contributed by atoms with van der Waals surface area (Å²) in [5, 5.41) is 0.787. The van der Waals surface area contributed by atoms with E-state index in [0.717, 1.165) is 23.1 Å². The SMILES string of the molecule is NC(=O)n1c[c]c2cc(-c3cccc(CN4CCC4)c3)cnc21. The Hall–Kier alpha value is -2.66. The average molecular weight is 305 g/mol. The summed E-state index contributed by atoms with van der Waals surface area (Å²) in [5.41, 5.74) is 9.30. The van der Waals surface area contributed by atoms with Gasteiger partial charge in [-0.05, 0) is 42.8 Å². The average Bonchev–Trinajstić information content (AvgIpc) is 2.94. The van der Waals surface area contributed by atoms with E-state index in [9.17, 15) is 4.79 Å². The number of rotatable bonds is 3. The summed E-state index contributed by atoms with van der Waals surface area (Å²) in [4.78, 5) is 18.1. The molecule has 3 heterocycles. The number of carbonyl (C=O) groups excluding carboxylic acids is 1. The molecule has 1 saturated heterocycles. The van der Waals surface area contributed by atoms with Gasteiger partial charge in [0.2, 0.25) is 0 Å². The summed E-state index contributed by atoms with van der Waals surface area (Å²) in [7, 11) is 0. The maximum absolute atomic E-state index is 11.3. The zero-order valence-corrected chi connectivity index (χ0v) is 12.7. The summed E-state index contributed by atoms with van der Waals surface area (Å²) >= 11 is 0. The lowest BCUT2D eigenvalue weighted by Gasteiger charge is -2.30. The molecule has 3 aromatic rings. The molecule has 1 aliphatic heterocycles. The van der Waals surface area contributed by atoms with Crippen LogP contribution in [0.15, 0.2) is 42.7 Å². The number of hydrogen-bond acceptors (Lipinski definition) is 3. The van der Waals surface area contributed by atoms with Gasteiger partial charge in [-0.15, -0.1) is 0 Å². The molecule has 5 heteroatoms. The number of nitrogens with zero attached hydrogens (tertiary/aromatic N) is 3. The highest BCUT2D eigenvalue weighted by Crippen LogP contribution is 2.24. The monoisotopic (exact) mass is 305 g/mol. The Kier molecular flexibility index (Phi) is 3.35. The van der Waals surface area contributed by atoms with Crippen LogP contribution in [0.25, 0.3) is 22.2 Å². The van der Waals surface area contributed by atoms with Crippen LogP contribution in [0.3, 0.4) is 0 Å². The number of nitrogens with two attached hydrogens (primary N) is 1. The summed E-state index contributed by atoms with van der Waals surface area (Å²) < 4.78 is 1.30.